The minimum atomic E-state index is -3.71. The number of nitrogens with zero attached hydrogens (tertiary/aromatic N) is 3. The maximum absolute atomic E-state index is 13.2. The highest BCUT2D eigenvalue weighted by Gasteiger charge is 2.23. The zero-order valence-electron chi connectivity index (χ0n) is 19.8. The SMILES string of the molecule is CCOc1ccc2c(c1)sc(=NC(=O)c1ccc(S(=O)(=O)N(CC)Cc3ccccc3)cc1)n2C. The van der Waals surface area contributed by atoms with Crippen LogP contribution in [0.15, 0.2) is 82.7 Å². The van der Waals surface area contributed by atoms with E-state index in [0.29, 0.717) is 23.5 Å². The van der Waals surface area contributed by atoms with E-state index in [9.17, 15) is 13.2 Å². The van der Waals surface area contributed by atoms with Crippen LogP contribution in [0.1, 0.15) is 29.8 Å². The third-order valence-electron chi connectivity index (χ3n) is 5.58. The van der Waals surface area contributed by atoms with Crippen molar-refractivity contribution in [3.05, 3.63) is 88.7 Å². The predicted octanol–water partition coefficient (Wildman–Crippen LogP) is 4.59. The first-order valence-corrected chi connectivity index (χ1v) is 13.5. The second-order valence-corrected chi connectivity index (χ2v) is 10.8. The first kappa shape index (κ1) is 24.8. The van der Waals surface area contributed by atoms with Gasteiger partial charge in [-0.05, 0) is 55.0 Å². The molecule has 0 unspecified atom stereocenters. The van der Waals surface area contributed by atoms with Crippen molar-refractivity contribution in [2.75, 3.05) is 13.2 Å². The van der Waals surface area contributed by atoms with Crippen LogP contribution in [-0.2, 0) is 23.6 Å². The van der Waals surface area contributed by atoms with Gasteiger partial charge in [0.25, 0.3) is 5.91 Å². The smallest absolute Gasteiger partial charge is 0.279 e. The molecule has 7 nitrogen and oxygen atoms in total. The van der Waals surface area contributed by atoms with Gasteiger partial charge in [-0.25, -0.2) is 8.42 Å². The van der Waals surface area contributed by atoms with E-state index in [1.807, 2.05) is 67.1 Å². The molecule has 1 aromatic heterocycles. The van der Waals surface area contributed by atoms with Gasteiger partial charge < -0.3 is 9.30 Å². The summed E-state index contributed by atoms with van der Waals surface area (Å²) in [5.41, 5.74) is 2.18. The number of hydrogen-bond donors (Lipinski definition) is 0. The van der Waals surface area contributed by atoms with Gasteiger partial charge in [0, 0.05) is 25.7 Å². The lowest BCUT2D eigenvalue weighted by atomic mass is 10.2. The molecule has 0 radical (unpaired) electrons. The zero-order chi connectivity index (χ0) is 25.0. The molecule has 9 heteroatoms. The number of carbonyl (C=O) groups is 1. The molecule has 4 aromatic rings. The Labute approximate surface area is 209 Å². The van der Waals surface area contributed by atoms with Crippen molar-refractivity contribution in [2.24, 2.45) is 12.0 Å². The van der Waals surface area contributed by atoms with E-state index >= 15 is 0 Å². The summed E-state index contributed by atoms with van der Waals surface area (Å²) in [6, 6.07) is 21.2. The molecule has 182 valence electrons. The first-order valence-electron chi connectivity index (χ1n) is 11.3. The van der Waals surface area contributed by atoms with Crippen molar-refractivity contribution in [2.45, 2.75) is 25.3 Å². The molecule has 0 aliphatic heterocycles. The number of amides is 1. The number of fused-ring (bicyclic) bond motifs is 1. The van der Waals surface area contributed by atoms with E-state index in [1.165, 1.54) is 39.9 Å². The molecule has 0 spiro atoms. The van der Waals surface area contributed by atoms with Crippen LogP contribution in [0.5, 0.6) is 5.75 Å². The number of aromatic nitrogens is 1. The van der Waals surface area contributed by atoms with Crippen molar-refractivity contribution in [3.63, 3.8) is 0 Å². The van der Waals surface area contributed by atoms with E-state index in [4.69, 9.17) is 4.74 Å². The number of hydrogen-bond acceptors (Lipinski definition) is 5. The Morgan fingerprint density at radius 3 is 2.40 bits per heavy atom. The fourth-order valence-electron chi connectivity index (χ4n) is 3.70. The lowest BCUT2D eigenvalue weighted by molar-refractivity contribution is 0.0998. The second-order valence-electron chi connectivity index (χ2n) is 7.86. The second kappa shape index (κ2) is 10.6. The van der Waals surface area contributed by atoms with E-state index in [1.54, 1.807) is 6.92 Å². The molecule has 1 amide bonds. The summed E-state index contributed by atoms with van der Waals surface area (Å²) in [6.45, 7) is 4.92. The highest BCUT2D eigenvalue weighted by atomic mass is 32.2. The molecule has 0 fully saturated rings. The van der Waals surface area contributed by atoms with Gasteiger partial charge in [-0.3, -0.25) is 4.79 Å². The van der Waals surface area contributed by atoms with Gasteiger partial charge in [0.05, 0.1) is 21.7 Å². The van der Waals surface area contributed by atoms with Crippen molar-refractivity contribution >= 4 is 37.5 Å². The van der Waals surface area contributed by atoms with Gasteiger partial charge in [0.15, 0.2) is 4.80 Å². The topological polar surface area (TPSA) is 81.0 Å². The number of aryl methyl sites for hydroxylation is 1. The number of benzene rings is 3. The van der Waals surface area contributed by atoms with Gasteiger partial charge in [0.2, 0.25) is 10.0 Å². The van der Waals surface area contributed by atoms with Gasteiger partial charge >= 0.3 is 0 Å². The molecule has 0 saturated heterocycles. The van der Waals surface area contributed by atoms with Gasteiger partial charge in [0.1, 0.15) is 5.75 Å². The number of thiazole rings is 1. The van der Waals surface area contributed by atoms with Crippen LogP contribution in [0.2, 0.25) is 0 Å². The summed E-state index contributed by atoms with van der Waals surface area (Å²) in [5, 5.41) is 0. The molecule has 1 heterocycles. The molecule has 35 heavy (non-hydrogen) atoms. The minimum Gasteiger partial charge on any atom is -0.494 e. The largest absolute Gasteiger partial charge is 0.494 e. The Morgan fingerprint density at radius 1 is 1.03 bits per heavy atom. The maximum Gasteiger partial charge on any atom is 0.279 e. The molecular formula is C26H27N3O4S2. The summed E-state index contributed by atoms with van der Waals surface area (Å²) in [6.07, 6.45) is 0. The normalized spacial score (nSPS) is 12.4. The van der Waals surface area contributed by atoms with Gasteiger partial charge in [-0.1, -0.05) is 48.6 Å². The summed E-state index contributed by atoms with van der Waals surface area (Å²) >= 11 is 1.39. The lowest BCUT2D eigenvalue weighted by Crippen LogP contribution is -2.30. The Kier molecular flexibility index (Phi) is 7.49. The van der Waals surface area contributed by atoms with Crippen LogP contribution in [0.25, 0.3) is 10.2 Å². The monoisotopic (exact) mass is 509 g/mol. The summed E-state index contributed by atoms with van der Waals surface area (Å²) in [4.78, 5) is 17.8. The van der Waals surface area contributed by atoms with Crippen LogP contribution < -0.4 is 9.54 Å². The quantitative estimate of drug-likeness (QED) is 0.348. The molecule has 0 atom stereocenters. The highest BCUT2D eigenvalue weighted by molar-refractivity contribution is 7.89. The average molecular weight is 510 g/mol. The molecule has 3 aromatic carbocycles. The van der Waals surface area contributed by atoms with E-state index in [-0.39, 0.29) is 11.4 Å². The number of ether oxygens (including phenoxy) is 1. The Hall–Kier alpha value is -3.27. The van der Waals surface area contributed by atoms with Crippen LogP contribution in [-0.4, -0.2) is 36.3 Å². The Bertz CT molecular complexity index is 1510. The molecule has 0 bridgehead atoms. The van der Waals surface area contributed by atoms with Crippen molar-refractivity contribution in [1.29, 1.82) is 0 Å². The first-order chi connectivity index (χ1) is 16.8. The minimum absolute atomic E-state index is 0.141. The van der Waals surface area contributed by atoms with Crippen molar-refractivity contribution in [3.8, 4) is 5.75 Å². The van der Waals surface area contributed by atoms with E-state index in [2.05, 4.69) is 4.99 Å². The van der Waals surface area contributed by atoms with Crippen LogP contribution in [0.4, 0.5) is 0 Å². The number of carbonyl (C=O) groups excluding carboxylic acids is 1. The molecular weight excluding hydrogens is 482 g/mol. The average Bonchev–Trinajstić information content (AvgIpc) is 3.17. The molecule has 0 aliphatic rings. The summed E-state index contributed by atoms with van der Waals surface area (Å²) in [7, 11) is -1.85. The third-order valence-corrected chi connectivity index (χ3v) is 8.61. The Balaban J connectivity index is 1.58. The fraction of sp³-hybridized carbons (Fsp3) is 0.231. The van der Waals surface area contributed by atoms with Crippen molar-refractivity contribution < 1.29 is 17.9 Å². The van der Waals surface area contributed by atoms with E-state index < -0.39 is 15.9 Å². The number of rotatable bonds is 8. The van der Waals surface area contributed by atoms with Crippen LogP contribution in [0.3, 0.4) is 0 Å². The summed E-state index contributed by atoms with van der Waals surface area (Å²) in [5.74, 6) is 0.336. The predicted molar refractivity (Wildman–Crippen MR) is 138 cm³/mol. The molecule has 0 aliphatic carbocycles. The highest BCUT2D eigenvalue weighted by Crippen LogP contribution is 2.23. The Morgan fingerprint density at radius 2 is 1.74 bits per heavy atom. The van der Waals surface area contributed by atoms with Crippen molar-refractivity contribution in [1.82, 2.24) is 8.87 Å². The van der Waals surface area contributed by atoms with Crippen LogP contribution in [0, 0.1) is 0 Å². The van der Waals surface area contributed by atoms with Crippen LogP contribution >= 0.6 is 11.3 Å². The van der Waals surface area contributed by atoms with Gasteiger partial charge in [-0.2, -0.15) is 9.30 Å². The zero-order valence-corrected chi connectivity index (χ0v) is 21.5. The van der Waals surface area contributed by atoms with E-state index in [0.717, 1.165) is 21.5 Å². The third kappa shape index (κ3) is 5.37. The lowest BCUT2D eigenvalue weighted by Gasteiger charge is -2.20. The number of sulfonamides is 1. The van der Waals surface area contributed by atoms with Gasteiger partial charge in [-0.15, -0.1) is 0 Å². The molecule has 0 saturated carbocycles. The molecule has 0 N–H and O–H groups in total. The molecule has 4 rings (SSSR count). The maximum atomic E-state index is 13.2. The fourth-order valence-corrected chi connectivity index (χ4v) is 6.18. The standard InChI is InChI=1S/C26H27N3O4S2/c1-4-29(18-19-9-7-6-8-10-19)35(31,32)22-14-11-20(12-15-22)25(30)27-26-28(3)23-16-13-21(33-5-2)17-24(23)34-26/h6-17H,4-5,18H2,1-3H3. The summed E-state index contributed by atoms with van der Waals surface area (Å²) < 4.78 is 36.1.